The second-order valence-electron chi connectivity index (χ2n) is 3.32. The van der Waals surface area contributed by atoms with E-state index in [9.17, 15) is 13.2 Å². The third kappa shape index (κ3) is 3.07. The molecular formula is C8H15ClN2O4S. The van der Waals surface area contributed by atoms with Gasteiger partial charge in [-0.05, 0) is 0 Å². The molecule has 0 aromatic carbocycles. The van der Waals surface area contributed by atoms with Gasteiger partial charge in [0, 0.05) is 19.5 Å². The second-order valence-corrected chi connectivity index (χ2v) is 5.74. The van der Waals surface area contributed by atoms with Crippen LogP contribution in [0.4, 0.5) is 0 Å². The van der Waals surface area contributed by atoms with Gasteiger partial charge >= 0.3 is 0 Å². The van der Waals surface area contributed by atoms with Gasteiger partial charge in [0.25, 0.3) is 0 Å². The van der Waals surface area contributed by atoms with Crippen LogP contribution in [-0.4, -0.2) is 63.1 Å². The molecule has 8 heteroatoms. The van der Waals surface area contributed by atoms with Gasteiger partial charge in [0.15, 0.2) is 0 Å². The number of ether oxygens (including phenoxy) is 1. The summed E-state index contributed by atoms with van der Waals surface area (Å²) in [7, 11) is -2.02. The third-order valence-electron chi connectivity index (χ3n) is 2.32. The van der Waals surface area contributed by atoms with Crippen molar-refractivity contribution in [2.75, 3.05) is 38.4 Å². The Kier molecular flexibility index (Phi) is 4.97. The van der Waals surface area contributed by atoms with E-state index in [1.807, 2.05) is 0 Å². The van der Waals surface area contributed by atoms with Crippen molar-refractivity contribution < 1.29 is 17.9 Å². The Morgan fingerprint density at radius 2 is 2.31 bits per heavy atom. The number of likely N-dealkylation sites (N-methyl/N-ethyl adjacent to an activating group) is 1. The van der Waals surface area contributed by atoms with Crippen molar-refractivity contribution in [2.45, 2.75) is 6.04 Å². The van der Waals surface area contributed by atoms with Crippen LogP contribution < -0.4 is 5.32 Å². The number of hydrogen-bond donors (Lipinski definition) is 1. The van der Waals surface area contributed by atoms with Crippen LogP contribution >= 0.6 is 11.6 Å². The predicted molar refractivity (Wildman–Crippen MR) is 59.9 cm³/mol. The summed E-state index contributed by atoms with van der Waals surface area (Å²) in [6.07, 6.45) is 0. The molecular weight excluding hydrogens is 256 g/mol. The van der Waals surface area contributed by atoms with E-state index in [1.54, 1.807) is 0 Å². The maximum Gasteiger partial charge on any atom is 0.240 e. The van der Waals surface area contributed by atoms with E-state index in [1.165, 1.54) is 7.05 Å². The number of nitrogens with one attached hydrogen (secondary N) is 1. The van der Waals surface area contributed by atoms with E-state index in [4.69, 9.17) is 16.3 Å². The molecule has 1 amide bonds. The highest BCUT2D eigenvalue weighted by atomic mass is 35.5. The maximum atomic E-state index is 11.8. The molecule has 1 fully saturated rings. The third-order valence-corrected chi connectivity index (χ3v) is 4.61. The minimum atomic E-state index is -3.48. The highest BCUT2D eigenvalue weighted by Crippen LogP contribution is 2.13. The molecule has 1 unspecified atom stereocenters. The van der Waals surface area contributed by atoms with E-state index < -0.39 is 16.1 Å². The van der Waals surface area contributed by atoms with Crippen molar-refractivity contribution in [3.8, 4) is 0 Å². The lowest BCUT2D eigenvalue weighted by Gasteiger charge is -2.33. The number of sulfonamides is 1. The number of amides is 1. The van der Waals surface area contributed by atoms with E-state index in [0.29, 0.717) is 6.61 Å². The highest BCUT2D eigenvalue weighted by Gasteiger charge is 2.36. The number of hydrogen-bond acceptors (Lipinski definition) is 4. The normalized spacial score (nSPS) is 23.0. The van der Waals surface area contributed by atoms with Crippen molar-refractivity contribution >= 4 is 27.5 Å². The Balaban J connectivity index is 2.86. The molecule has 0 bridgehead atoms. The summed E-state index contributed by atoms with van der Waals surface area (Å²) in [6.45, 7) is 0.577. The highest BCUT2D eigenvalue weighted by molar-refractivity contribution is 7.89. The van der Waals surface area contributed by atoms with E-state index in [0.717, 1.165) is 4.31 Å². The van der Waals surface area contributed by atoms with Gasteiger partial charge < -0.3 is 10.1 Å². The van der Waals surface area contributed by atoms with Crippen molar-refractivity contribution in [3.63, 3.8) is 0 Å². The minimum Gasteiger partial charge on any atom is -0.378 e. The first kappa shape index (κ1) is 13.7. The fourth-order valence-corrected chi connectivity index (χ4v) is 3.42. The lowest BCUT2D eigenvalue weighted by molar-refractivity contribution is -0.128. The summed E-state index contributed by atoms with van der Waals surface area (Å²) < 4.78 is 29.9. The number of carbonyl (C=O) groups is 1. The molecule has 6 nitrogen and oxygen atoms in total. The van der Waals surface area contributed by atoms with Crippen LogP contribution in [0.1, 0.15) is 0 Å². The van der Waals surface area contributed by atoms with Gasteiger partial charge in [0.2, 0.25) is 15.9 Å². The zero-order valence-corrected chi connectivity index (χ0v) is 10.6. The number of nitrogens with zero attached hydrogens (tertiary/aromatic N) is 1. The minimum absolute atomic E-state index is 0.0140. The first-order valence-corrected chi connectivity index (χ1v) is 7.02. The van der Waals surface area contributed by atoms with E-state index in [-0.39, 0.29) is 30.7 Å². The quantitative estimate of drug-likeness (QED) is 0.665. The first-order chi connectivity index (χ1) is 7.53. The molecule has 1 N–H and O–H groups in total. The lowest BCUT2D eigenvalue weighted by Crippen LogP contribution is -2.55. The maximum absolute atomic E-state index is 11.8. The van der Waals surface area contributed by atoms with Crippen LogP contribution in [0.15, 0.2) is 0 Å². The number of rotatable bonds is 4. The van der Waals surface area contributed by atoms with Gasteiger partial charge in [-0.25, -0.2) is 8.42 Å². The summed E-state index contributed by atoms with van der Waals surface area (Å²) in [5.41, 5.74) is 0. The Morgan fingerprint density at radius 3 is 2.88 bits per heavy atom. The fourth-order valence-electron chi connectivity index (χ4n) is 1.51. The number of halogens is 1. The van der Waals surface area contributed by atoms with Gasteiger partial charge in [-0.2, -0.15) is 4.31 Å². The largest absolute Gasteiger partial charge is 0.378 e. The molecule has 1 heterocycles. The smallest absolute Gasteiger partial charge is 0.240 e. The molecule has 1 aliphatic rings. The standard InChI is InChI=1S/C8H15ClN2O4S/c1-10-8(12)7-6-15-4-3-11(7)16(13,14)5-2-9/h7H,2-6H2,1H3,(H,10,12). The lowest BCUT2D eigenvalue weighted by atomic mass is 10.2. The predicted octanol–water partition coefficient (Wildman–Crippen LogP) is -0.998. The summed E-state index contributed by atoms with van der Waals surface area (Å²) in [5, 5.41) is 2.42. The van der Waals surface area contributed by atoms with Gasteiger partial charge in [0.05, 0.1) is 19.0 Å². The van der Waals surface area contributed by atoms with Crippen molar-refractivity contribution in [2.24, 2.45) is 0 Å². The molecule has 0 aromatic heterocycles. The van der Waals surface area contributed by atoms with Gasteiger partial charge in [0.1, 0.15) is 6.04 Å². The van der Waals surface area contributed by atoms with Crippen molar-refractivity contribution in [1.82, 2.24) is 9.62 Å². The number of carbonyl (C=O) groups excluding carboxylic acids is 1. The molecule has 16 heavy (non-hydrogen) atoms. The first-order valence-electron chi connectivity index (χ1n) is 4.87. The Labute approximate surface area is 99.9 Å². The Morgan fingerprint density at radius 1 is 1.62 bits per heavy atom. The zero-order chi connectivity index (χ0) is 12.2. The van der Waals surface area contributed by atoms with Crippen LogP contribution in [-0.2, 0) is 19.6 Å². The Bertz CT molecular complexity index is 346. The van der Waals surface area contributed by atoms with Crippen molar-refractivity contribution in [3.05, 3.63) is 0 Å². The second kappa shape index (κ2) is 5.81. The fraction of sp³-hybridized carbons (Fsp3) is 0.875. The molecule has 1 atom stereocenters. The Hall–Kier alpha value is -0.370. The number of alkyl halides is 1. The summed E-state index contributed by atoms with van der Waals surface area (Å²) in [5.74, 6) is -0.514. The SMILES string of the molecule is CNC(=O)C1COCCN1S(=O)(=O)CCCl. The molecule has 0 saturated carbocycles. The average molecular weight is 271 g/mol. The van der Waals surface area contributed by atoms with E-state index >= 15 is 0 Å². The molecule has 0 spiro atoms. The number of morpholine rings is 1. The molecule has 1 aliphatic heterocycles. The van der Waals surface area contributed by atoms with Gasteiger partial charge in [-0.15, -0.1) is 11.6 Å². The summed E-state index contributed by atoms with van der Waals surface area (Å²) in [4.78, 5) is 11.5. The molecule has 1 rings (SSSR count). The summed E-state index contributed by atoms with van der Waals surface area (Å²) >= 11 is 5.43. The van der Waals surface area contributed by atoms with Crippen LogP contribution in [0.25, 0.3) is 0 Å². The monoisotopic (exact) mass is 270 g/mol. The van der Waals surface area contributed by atoms with Crippen molar-refractivity contribution in [1.29, 1.82) is 0 Å². The molecule has 1 saturated heterocycles. The molecule has 0 radical (unpaired) electrons. The molecule has 0 aromatic rings. The topological polar surface area (TPSA) is 75.7 Å². The van der Waals surface area contributed by atoms with Gasteiger partial charge in [-0.1, -0.05) is 0 Å². The van der Waals surface area contributed by atoms with Crippen LogP contribution in [0.5, 0.6) is 0 Å². The van der Waals surface area contributed by atoms with Crippen LogP contribution in [0.2, 0.25) is 0 Å². The van der Waals surface area contributed by atoms with Gasteiger partial charge in [-0.3, -0.25) is 4.79 Å². The van der Waals surface area contributed by atoms with Crippen LogP contribution in [0, 0.1) is 0 Å². The molecule has 94 valence electrons. The van der Waals surface area contributed by atoms with Crippen LogP contribution in [0.3, 0.4) is 0 Å². The summed E-state index contributed by atoms with van der Waals surface area (Å²) in [6, 6.07) is -0.785. The van der Waals surface area contributed by atoms with E-state index in [2.05, 4.69) is 5.32 Å². The zero-order valence-electron chi connectivity index (χ0n) is 8.98. The average Bonchev–Trinajstić information content (AvgIpc) is 2.28. The molecule has 0 aliphatic carbocycles.